The number of hydrogen-bond donors (Lipinski definition) is 5. The number of amides is 1. The summed E-state index contributed by atoms with van der Waals surface area (Å²) in [5.41, 5.74) is 2.40. The quantitative estimate of drug-likeness (QED) is 0.137. The Hall–Kier alpha value is -3.41. The van der Waals surface area contributed by atoms with Crippen LogP contribution in [0.5, 0.6) is 5.75 Å². The Kier molecular flexibility index (Phi) is 12.7. The summed E-state index contributed by atoms with van der Waals surface area (Å²) in [7, 11) is -5.98. The summed E-state index contributed by atoms with van der Waals surface area (Å²) in [6, 6.07) is 21.1. The van der Waals surface area contributed by atoms with Gasteiger partial charge < -0.3 is 30.5 Å². The molecule has 272 valence electrons. The molecule has 2 aliphatic heterocycles. The molecule has 0 aromatic heterocycles. The van der Waals surface area contributed by atoms with Crippen molar-refractivity contribution >= 4 is 26.0 Å². The van der Waals surface area contributed by atoms with Crippen molar-refractivity contribution in [1.29, 1.82) is 0 Å². The Morgan fingerprint density at radius 1 is 0.980 bits per heavy atom. The first kappa shape index (κ1) is 37.8. The molecule has 2 saturated heterocycles. The molecule has 15 heteroatoms. The number of aliphatic hydroxyl groups is 1. The third-order valence-electron chi connectivity index (χ3n) is 9.08. The van der Waals surface area contributed by atoms with Crippen LogP contribution in [0.4, 0.5) is 0 Å². The normalized spacial score (nSPS) is 18.6. The molecule has 13 nitrogen and oxygen atoms in total. The molecule has 2 heterocycles. The van der Waals surface area contributed by atoms with E-state index in [1.54, 1.807) is 30.3 Å². The third kappa shape index (κ3) is 9.88. The lowest BCUT2D eigenvalue weighted by Crippen LogP contribution is -2.47. The first-order chi connectivity index (χ1) is 23.9. The highest BCUT2D eigenvalue weighted by Crippen LogP contribution is 2.37. The van der Waals surface area contributed by atoms with Gasteiger partial charge in [-0.15, -0.1) is 0 Å². The minimum absolute atomic E-state index is 0.000466. The van der Waals surface area contributed by atoms with Gasteiger partial charge in [-0.1, -0.05) is 42.5 Å². The van der Waals surface area contributed by atoms with Crippen LogP contribution in [0.1, 0.15) is 31.7 Å². The summed E-state index contributed by atoms with van der Waals surface area (Å²) >= 11 is 0. The predicted molar refractivity (Wildman–Crippen MR) is 190 cm³/mol. The van der Waals surface area contributed by atoms with Crippen LogP contribution in [0.3, 0.4) is 0 Å². The number of hydrogen-bond acceptors (Lipinski definition) is 10. The number of aliphatic hydroxyl groups excluding tert-OH is 1. The van der Waals surface area contributed by atoms with Crippen molar-refractivity contribution in [2.75, 3.05) is 53.0 Å². The van der Waals surface area contributed by atoms with Gasteiger partial charge in [0.05, 0.1) is 22.0 Å². The van der Waals surface area contributed by atoms with Gasteiger partial charge in [0.25, 0.3) is 0 Å². The average Bonchev–Trinajstić information content (AvgIpc) is 3.52. The number of piperidine rings is 1. The van der Waals surface area contributed by atoms with Gasteiger partial charge in [0.1, 0.15) is 18.5 Å². The fraction of sp³-hybridized carbons (Fsp3) is 0.457. The molecule has 5 rings (SSSR count). The Balaban J connectivity index is 1.08. The molecule has 1 spiro atoms. The van der Waals surface area contributed by atoms with Crippen LogP contribution in [-0.4, -0.2) is 103 Å². The van der Waals surface area contributed by atoms with Crippen molar-refractivity contribution in [2.45, 2.75) is 60.3 Å². The van der Waals surface area contributed by atoms with Crippen LogP contribution in [0.2, 0.25) is 0 Å². The van der Waals surface area contributed by atoms with E-state index in [2.05, 4.69) is 20.7 Å². The summed E-state index contributed by atoms with van der Waals surface area (Å²) in [5, 5.41) is 19.9. The van der Waals surface area contributed by atoms with Gasteiger partial charge in [0.15, 0.2) is 0 Å². The molecule has 0 bridgehead atoms. The van der Waals surface area contributed by atoms with Crippen molar-refractivity contribution in [2.24, 2.45) is 0 Å². The molecule has 0 aliphatic carbocycles. The van der Waals surface area contributed by atoms with E-state index >= 15 is 0 Å². The number of carbonyl (C=O) groups excluding carboxylic acids is 1. The van der Waals surface area contributed by atoms with E-state index in [-0.39, 0.29) is 34.9 Å². The Morgan fingerprint density at radius 2 is 1.70 bits per heavy atom. The van der Waals surface area contributed by atoms with Crippen molar-refractivity contribution in [3.05, 3.63) is 78.4 Å². The Morgan fingerprint density at radius 3 is 2.42 bits per heavy atom. The molecule has 1 amide bonds. The van der Waals surface area contributed by atoms with Gasteiger partial charge >= 0.3 is 0 Å². The summed E-state index contributed by atoms with van der Waals surface area (Å²) < 4.78 is 67.1. The molecule has 0 radical (unpaired) electrons. The highest BCUT2D eigenvalue weighted by molar-refractivity contribution is 7.89. The zero-order valence-electron chi connectivity index (χ0n) is 28.4. The third-order valence-corrected chi connectivity index (χ3v) is 12.4. The largest absolute Gasteiger partial charge is 0.491 e. The first-order valence-corrected chi connectivity index (χ1v) is 19.7. The SMILES string of the molecule is CNS(=O)(=O)c1cccc(OCC(O)CNC2COC3(CCN(S(=O)(=O)c4cccc(-c5ccc(CNCCNC(C)=O)cc5)c4)CC3)C2)c1. The fourth-order valence-corrected chi connectivity index (χ4v) is 8.47. The van der Waals surface area contributed by atoms with Crippen molar-refractivity contribution in [3.63, 3.8) is 0 Å². The zero-order chi connectivity index (χ0) is 35.8. The summed E-state index contributed by atoms with van der Waals surface area (Å²) in [4.78, 5) is 11.3. The zero-order valence-corrected chi connectivity index (χ0v) is 30.1. The number of benzene rings is 3. The number of sulfonamides is 2. The van der Waals surface area contributed by atoms with Crippen molar-refractivity contribution in [3.8, 4) is 16.9 Å². The fourth-order valence-electron chi connectivity index (χ4n) is 6.22. The number of ether oxygens (including phenoxy) is 2. The molecular weight excluding hydrogens is 683 g/mol. The number of nitrogens with zero attached hydrogens (tertiary/aromatic N) is 1. The maximum atomic E-state index is 13.7. The number of rotatable bonds is 16. The molecule has 50 heavy (non-hydrogen) atoms. The van der Waals surface area contributed by atoms with Gasteiger partial charge in [0, 0.05) is 58.3 Å². The molecule has 3 aromatic rings. The second-order valence-electron chi connectivity index (χ2n) is 12.7. The molecule has 2 aliphatic rings. The summed E-state index contributed by atoms with van der Waals surface area (Å²) in [6.07, 6.45) is 1.01. The summed E-state index contributed by atoms with van der Waals surface area (Å²) in [5.74, 6) is 0.285. The second-order valence-corrected chi connectivity index (χ2v) is 16.6. The van der Waals surface area contributed by atoms with Crippen LogP contribution in [0, 0.1) is 0 Å². The molecule has 2 fully saturated rings. The minimum Gasteiger partial charge on any atom is -0.491 e. The second kappa shape index (κ2) is 16.7. The van der Waals surface area contributed by atoms with Crippen LogP contribution in [0.15, 0.2) is 82.6 Å². The van der Waals surface area contributed by atoms with Crippen LogP contribution < -0.4 is 25.4 Å². The van der Waals surface area contributed by atoms with Crippen LogP contribution in [-0.2, 0) is 36.1 Å². The molecule has 2 unspecified atom stereocenters. The first-order valence-electron chi connectivity index (χ1n) is 16.8. The minimum atomic E-state index is -3.71. The van der Waals surface area contributed by atoms with Gasteiger partial charge in [-0.3, -0.25) is 4.79 Å². The predicted octanol–water partition coefficient (Wildman–Crippen LogP) is 1.83. The standard InChI is InChI=1S/C35H47N5O8S2/c1-26(41)38-16-15-37-22-27-9-11-28(12-10-27)29-5-3-8-34(19-29)50(45,46)40-17-13-35(14-18-40)21-30(24-48-35)39-23-31(42)25-47-32-6-4-7-33(20-32)49(43,44)36-2/h3-12,19-20,30-31,36-37,39,42H,13-18,21-25H2,1-2H3,(H,38,41). The molecule has 5 N–H and O–H groups in total. The average molecular weight is 730 g/mol. The number of nitrogens with one attached hydrogen (secondary N) is 4. The Labute approximate surface area is 294 Å². The van der Waals surface area contributed by atoms with E-state index in [0.717, 1.165) is 16.7 Å². The lowest BCUT2D eigenvalue weighted by molar-refractivity contribution is -0.118. The lowest BCUT2D eigenvalue weighted by Gasteiger charge is -2.38. The molecule has 0 saturated carbocycles. The maximum absolute atomic E-state index is 13.7. The van der Waals surface area contributed by atoms with E-state index in [1.165, 1.54) is 30.4 Å². The van der Waals surface area contributed by atoms with E-state index in [1.807, 2.05) is 30.3 Å². The molecule has 3 aromatic carbocycles. The van der Waals surface area contributed by atoms with Crippen molar-refractivity contribution < 1.29 is 36.2 Å². The van der Waals surface area contributed by atoms with Crippen molar-refractivity contribution in [1.82, 2.24) is 25.0 Å². The monoisotopic (exact) mass is 729 g/mol. The van der Waals surface area contributed by atoms with E-state index in [0.29, 0.717) is 64.3 Å². The smallest absolute Gasteiger partial charge is 0.243 e. The van der Waals surface area contributed by atoms with Crippen LogP contribution >= 0.6 is 0 Å². The number of carbonyl (C=O) groups is 1. The van der Waals surface area contributed by atoms with Crippen LogP contribution in [0.25, 0.3) is 11.1 Å². The molecule has 2 atom stereocenters. The van der Waals surface area contributed by atoms with Gasteiger partial charge in [-0.05, 0) is 67.3 Å². The molecular formula is C35H47N5O8S2. The van der Waals surface area contributed by atoms with Gasteiger partial charge in [-0.25, -0.2) is 21.6 Å². The summed E-state index contributed by atoms with van der Waals surface area (Å²) in [6.45, 7) is 4.77. The highest BCUT2D eigenvalue weighted by atomic mass is 32.2. The Bertz CT molecular complexity index is 1810. The lowest BCUT2D eigenvalue weighted by atomic mass is 9.88. The van der Waals surface area contributed by atoms with E-state index in [4.69, 9.17) is 9.47 Å². The van der Waals surface area contributed by atoms with E-state index < -0.39 is 31.8 Å². The topological polar surface area (TPSA) is 175 Å². The highest BCUT2D eigenvalue weighted by Gasteiger charge is 2.44. The van der Waals surface area contributed by atoms with E-state index in [9.17, 15) is 26.7 Å². The van der Waals surface area contributed by atoms with Gasteiger partial charge in [0.2, 0.25) is 26.0 Å². The van der Waals surface area contributed by atoms with Gasteiger partial charge in [-0.2, -0.15) is 4.31 Å². The maximum Gasteiger partial charge on any atom is 0.243 e.